The lowest BCUT2D eigenvalue weighted by Crippen LogP contribution is -2.44. The van der Waals surface area contributed by atoms with Crippen LogP contribution in [-0.2, 0) is 9.53 Å². The molecule has 6 nitrogen and oxygen atoms in total. The average Bonchev–Trinajstić information content (AvgIpc) is 2.56. The highest BCUT2D eigenvalue weighted by Crippen LogP contribution is 2.28. The van der Waals surface area contributed by atoms with E-state index >= 15 is 0 Å². The summed E-state index contributed by atoms with van der Waals surface area (Å²) in [6, 6.07) is 4.67. The largest absolute Gasteiger partial charge is 0.491 e. The molecule has 26 heavy (non-hydrogen) atoms. The molecule has 1 saturated heterocycles. The molecule has 1 amide bonds. The molecule has 1 aromatic carbocycles. The normalized spacial score (nSPS) is 15.6. The zero-order chi connectivity index (χ0) is 17.5. The molecule has 0 aromatic heterocycles. The molecule has 1 aromatic rings. The highest BCUT2D eigenvalue weighted by Gasteiger charge is 2.26. The number of nitrogens with zero attached hydrogens (tertiary/aromatic N) is 1. The summed E-state index contributed by atoms with van der Waals surface area (Å²) in [5, 5.41) is 3.29. The van der Waals surface area contributed by atoms with Crippen molar-refractivity contribution in [1.82, 2.24) is 4.90 Å². The summed E-state index contributed by atoms with van der Waals surface area (Å²) in [7, 11) is 3.95. The van der Waals surface area contributed by atoms with Crippen molar-refractivity contribution in [2.75, 3.05) is 45.8 Å². The van der Waals surface area contributed by atoms with Crippen LogP contribution in [0, 0.1) is 5.92 Å². The molecule has 2 rings (SSSR count). The Hall–Kier alpha value is -0.760. The zero-order valence-corrected chi connectivity index (χ0v) is 17.5. The predicted molar refractivity (Wildman–Crippen MR) is 110 cm³/mol. The van der Waals surface area contributed by atoms with Gasteiger partial charge in [0.1, 0.15) is 12.4 Å². The van der Waals surface area contributed by atoms with Gasteiger partial charge in [0.2, 0.25) is 5.91 Å². The molecule has 0 spiro atoms. The van der Waals surface area contributed by atoms with E-state index in [2.05, 4.69) is 5.32 Å². The fourth-order valence-corrected chi connectivity index (χ4v) is 2.78. The molecule has 9 heteroatoms. The molecule has 0 aliphatic carbocycles. The number of likely N-dealkylation sites (N-methyl/N-ethyl adjacent to an activating group) is 1. The van der Waals surface area contributed by atoms with Crippen molar-refractivity contribution < 1.29 is 14.3 Å². The zero-order valence-electron chi connectivity index (χ0n) is 15.1. The van der Waals surface area contributed by atoms with Crippen molar-refractivity contribution in [2.45, 2.75) is 18.9 Å². The van der Waals surface area contributed by atoms with Crippen molar-refractivity contribution in [3.63, 3.8) is 0 Å². The van der Waals surface area contributed by atoms with E-state index in [1.54, 1.807) is 18.2 Å². The van der Waals surface area contributed by atoms with E-state index in [9.17, 15) is 4.79 Å². The van der Waals surface area contributed by atoms with E-state index in [1.165, 1.54) is 0 Å². The molecule has 0 radical (unpaired) electrons. The van der Waals surface area contributed by atoms with Gasteiger partial charge in [-0.15, -0.1) is 24.8 Å². The van der Waals surface area contributed by atoms with Gasteiger partial charge in [-0.25, -0.2) is 0 Å². The first-order valence-electron chi connectivity index (χ1n) is 8.18. The van der Waals surface area contributed by atoms with Gasteiger partial charge in [0.15, 0.2) is 0 Å². The summed E-state index contributed by atoms with van der Waals surface area (Å²) in [5.41, 5.74) is 6.69. The first-order chi connectivity index (χ1) is 11.5. The van der Waals surface area contributed by atoms with Gasteiger partial charge < -0.3 is 25.4 Å². The molecule has 3 N–H and O–H groups in total. The number of hydrogen-bond acceptors (Lipinski definition) is 5. The lowest BCUT2D eigenvalue weighted by atomic mass is 9.92. The van der Waals surface area contributed by atoms with Crippen LogP contribution in [0.4, 0.5) is 5.69 Å². The number of carbonyl (C=O) groups is 1. The molecule has 1 atom stereocenters. The fraction of sp³-hybridized carbons (Fsp3) is 0.588. The van der Waals surface area contributed by atoms with Crippen LogP contribution in [-0.4, -0.2) is 57.3 Å². The quantitative estimate of drug-likeness (QED) is 0.698. The van der Waals surface area contributed by atoms with Gasteiger partial charge in [0, 0.05) is 25.4 Å². The monoisotopic (exact) mass is 427 g/mol. The number of ether oxygens (including phenoxy) is 2. The van der Waals surface area contributed by atoms with Crippen molar-refractivity contribution in [2.24, 2.45) is 11.7 Å². The summed E-state index contributed by atoms with van der Waals surface area (Å²) < 4.78 is 10.9. The molecule has 1 fully saturated rings. The van der Waals surface area contributed by atoms with Crippen molar-refractivity contribution in [3.8, 4) is 5.75 Å². The molecule has 1 aliphatic heterocycles. The van der Waals surface area contributed by atoms with Crippen LogP contribution in [0.5, 0.6) is 5.75 Å². The molecule has 0 bridgehead atoms. The molecular formula is C17H28Cl3N3O3. The summed E-state index contributed by atoms with van der Waals surface area (Å²) in [6.45, 7) is 2.68. The topological polar surface area (TPSA) is 76.8 Å². The van der Waals surface area contributed by atoms with Gasteiger partial charge in [-0.1, -0.05) is 11.6 Å². The molecular weight excluding hydrogens is 401 g/mol. The Bertz CT molecular complexity index is 555. The summed E-state index contributed by atoms with van der Waals surface area (Å²) in [5.74, 6) is 0.562. The Morgan fingerprint density at radius 1 is 1.38 bits per heavy atom. The van der Waals surface area contributed by atoms with E-state index < -0.39 is 6.04 Å². The lowest BCUT2D eigenvalue weighted by Gasteiger charge is -2.26. The Balaban J connectivity index is 0.00000312. The highest BCUT2D eigenvalue weighted by molar-refractivity contribution is 6.32. The smallest absolute Gasteiger partial charge is 0.241 e. The van der Waals surface area contributed by atoms with Crippen LogP contribution in [0.3, 0.4) is 0 Å². The standard InChI is InChI=1S/C17H26ClN3O3.2ClH/c1-21(2)7-10-24-15-4-3-13(11-14(15)18)20-17(22)16(19)12-5-8-23-9-6-12;;/h3-4,11-12,16H,5-10,19H2,1-2H3,(H,20,22);2*1H. The third-order valence-electron chi connectivity index (χ3n) is 4.07. The van der Waals surface area contributed by atoms with Crippen LogP contribution >= 0.6 is 36.4 Å². The molecule has 1 heterocycles. The SMILES string of the molecule is CN(C)CCOc1ccc(NC(=O)C(N)C2CCOCC2)cc1Cl.Cl.Cl. The van der Waals surface area contributed by atoms with Gasteiger partial charge in [0.25, 0.3) is 0 Å². The van der Waals surface area contributed by atoms with E-state index in [4.69, 9.17) is 26.8 Å². The molecule has 1 aliphatic rings. The van der Waals surface area contributed by atoms with Crippen LogP contribution in [0.2, 0.25) is 5.02 Å². The number of amides is 1. The second kappa shape index (κ2) is 12.6. The number of nitrogens with one attached hydrogen (secondary N) is 1. The van der Waals surface area contributed by atoms with E-state index in [0.717, 1.165) is 19.4 Å². The minimum atomic E-state index is -0.538. The summed E-state index contributed by atoms with van der Waals surface area (Å²) in [4.78, 5) is 14.3. The van der Waals surface area contributed by atoms with E-state index in [-0.39, 0.29) is 36.6 Å². The van der Waals surface area contributed by atoms with Gasteiger partial charge in [-0.2, -0.15) is 0 Å². The Morgan fingerprint density at radius 3 is 2.62 bits per heavy atom. The van der Waals surface area contributed by atoms with Crippen LogP contribution < -0.4 is 15.8 Å². The molecule has 1 unspecified atom stereocenters. The summed E-state index contributed by atoms with van der Waals surface area (Å²) in [6.07, 6.45) is 1.63. The third-order valence-corrected chi connectivity index (χ3v) is 4.37. The summed E-state index contributed by atoms with van der Waals surface area (Å²) >= 11 is 6.22. The first kappa shape index (κ1) is 25.2. The first-order valence-corrected chi connectivity index (χ1v) is 8.56. The van der Waals surface area contributed by atoms with Crippen LogP contribution in [0.15, 0.2) is 18.2 Å². The number of hydrogen-bond donors (Lipinski definition) is 2. The minimum absolute atomic E-state index is 0. The maximum atomic E-state index is 12.3. The second-order valence-corrected chi connectivity index (χ2v) is 6.67. The van der Waals surface area contributed by atoms with Gasteiger partial charge >= 0.3 is 0 Å². The van der Waals surface area contributed by atoms with Gasteiger partial charge in [-0.05, 0) is 51.1 Å². The van der Waals surface area contributed by atoms with Crippen LogP contribution in [0.25, 0.3) is 0 Å². The predicted octanol–water partition coefficient (Wildman–Crippen LogP) is 2.82. The minimum Gasteiger partial charge on any atom is -0.491 e. The van der Waals surface area contributed by atoms with Gasteiger partial charge in [0.05, 0.1) is 11.1 Å². The Labute approximate surface area is 172 Å². The van der Waals surface area contributed by atoms with E-state index in [1.807, 2.05) is 19.0 Å². The van der Waals surface area contributed by atoms with Crippen molar-refractivity contribution >= 4 is 48.0 Å². The van der Waals surface area contributed by atoms with Crippen LogP contribution in [0.1, 0.15) is 12.8 Å². The maximum Gasteiger partial charge on any atom is 0.241 e. The van der Waals surface area contributed by atoms with Crippen molar-refractivity contribution in [1.29, 1.82) is 0 Å². The number of rotatable bonds is 7. The number of anilines is 1. The number of nitrogens with two attached hydrogens (primary N) is 1. The second-order valence-electron chi connectivity index (χ2n) is 6.26. The van der Waals surface area contributed by atoms with Gasteiger partial charge in [-0.3, -0.25) is 4.79 Å². The fourth-order valence-electron chi connectivity index (χ4n) is 2.55. The average molecular weight is 429 g/mol. The van der Waals surface area contributed by atoms with E-state index in [0.29, 0.717) is 36.3 Å². The maximum absolute atomic E-state index is 12.3. The molecule has 150 valence electrons. The third kappa shape index (κ3) is 7.86. The Morgan fingerprint density at radius 2 is 2.04 bits per heavy atom. The Kier molecular flexibility index (Phi) is 12.2. The highest BCUT2D eigenvalue weighted by atomic mass is 35.5. The number of benzene rings is 1. The lowest BCUT2D eigenvalue weighted by molar-refractivity contribution is -0.119. The number of halogens is 3. The molecule has 0 saturated carbocycles. The number of carbonyl (C=O) groups excluding carboxylic acids is 1. The van der Waals surface area contributed by atoms with Crippen molar-refractivity contribution in [3.05, 3.63) is 23.2 Å².